The maximum Gasteiger partial charge on any atom is 0.258 e. The number of alkyl halides is 1. The molecule has 0 radical (unpaired) electrons. The molecule has 1 N–H and O–H groups in total. The van der Waals surface area contributed by atoms with Gasteiger partial charge >= 0.3 is 0 Å². The minimum absolute atomic E-state index is 0.0412. The van der Waals surface area contributed by atoms with Crippen molar-refractivity contribution < 1.29 is 18.0 Å². The fourth-order valence-corrected chi connectivity index (χ4v) is 3.45. The van der Waals surface area contributed by atoms with Crippen LogP contribution in [0.3, 0.4) is 0 Å². The van der Waals surface area contributed by atoms with Gasteiger partial charge in [-0.15, -0.1) is 0 Å². The highest BCUT2D eigenvalue weighted by Gasteiger charge is 2.36. The Balaban J connectivity index is 1.83. The van der Waals surface area contributed by atoms with Crippen molar-refractivity contribution in [3.05, 3.63) is 66.4 Å². The lowest BCUT2D eigenvalue weighted by Crippen LogP contribution is -2.28. The second-order valence-electron chi connectivity index (χ2n) is 7.35. The SMILES string of the molecule is CC1(F)CCN(c2nccc(-c3cc(F)ccc3F)c2NC(=O)c2cncnc2)C1. The number of rotatable bonds is 4. The third-order valence-corrected chi connectivity index (χ3v) is 4.93. The van der Waals surface area contributed by atoms with Gasteiger partial charge in [-0.2, -0.15) is 0 Å². The van der Waals surface area contributed by atoms with Gasteiger partial charge in [0.05, 0.1) is 17.8 Å². The van der Waals surface area contributed by atoms with E-state index < -0.39 is 23.2 Å². The lowest BCUT2D eigenvalue weighted by Gasteiger charge is -2.23. The molecule has 1 aromatic carbocycles. The fraction of sp³-hybridized carbons (Fsp3) is 0.238. The van der Waals surface area contributed by atoms with Gasteiger partial charge in [-0.1, -0.05) is 0 Å². The maximum absolute atomic E-state index is 14.5. The molecule has 0 spiro atoms. The lowest BCUT2D eigenvalue weighted by atomic mass is 10.0. The zero-order chi connectivity index (χ0) is 21.3. The van der Waals surface area contributed by atoms with E-state index in [1.807, 2.05) is 0 Å². The van der Waals surface area contributed by atoms with Gasteiger partial charge in [-0.3, -0.25) is 4.79 Å². The van der Waals surface area contributed by atoms with Crippen LogP contribution in [0.5, 0.6) is 0 Å². The molecule has 30 heavy (non-hydrogen) atoms. The van der Waals surface area contributed by atoms with E-state index in [0.29, 0.717) is 6.54 Å². The van der Waals surface area contributed by atoms with E-state index in [0.717, 1.165) is 18.2 Å². The predicted molar refractivity (Wildman–Crippen MR) is 106 cm³/mol. The third-order valence-electron chi connectivity index (χ3n) is 4.93. The minimum atomic E-state index is -1.42. The highest BCUT2D eigenvalue weighted by Crippen LogP contribution is 2.39. The number of carbonyl (C=O) groups excluding carboxylic acids is 1. The van der Waals surface area contributed by atoms with Crippen LogP contribution >= 0.6 is 0 Å². The molecular weight excluding hydrogens is 395 g/mol. The highest BCUT2D eigenvalue weighted by molar-refractivity contribution is 6.08. The van der Waals surface area contributed by atoms with Crippen molar-refractivity contribution in [1.29, 1.82) is 0 Å². The summed E-state index contributed by atoms with van der Waals surface area (Å²) < 4.78 is 42.8. The van der Waals surface area contributed by atoms with Gasteiger partial charge in [-0.05, 0) is 31.2 Å². The molecule has 0 saturated carbocycles. The standard InChI is InChI=1S/C21H18F3N5O/c1-21(24)5-7-29(11-21)19-18(28-20(30)13-9-25-12-26-10-13)15(4-6-27-19)16-8-14(22)2-3-17(16)23/h2-4,6,8-10,12H,5,7,11H2,1H3,(H,28,30). The number of halogens is 3. The molecule has 1 aliphatic heterocycles. The molecule has 1 amide bonds. The van der Waals surface area contributed by atoms with Crippen molar-refractivity contribution >= 4 is 17.4 Å². The molecule has 1 atom stereocenters. The van der Waals surface area contributed by atoms with Gasteiger partial charge < -0.3 is 10.2 Å². The van der Waals surface area contributed by atoms with Crippen molar-refractivity contribution in [3.8, 4) is 11.1 Å². The van der Waals surface area contributed by atoms with Gasteiger partial charge in [-0.25, -0.2) is 28.1 Å². The normalized spacial score (nSPS) is 18.5. The molecule has 2 aromatic heterocycles. The first kappa shape index (κ1) is 19.8. The van der Waals surface area contributed by atoms with Crippen LogP contribution in [0.1, 0.15) is 23.7 Å². The van der Waals surface area contributed by atoms with E-state index >= 15 is 0 Å². The molecular formula is C21H18F3N5O. The van der Waals surface area contributed by atoms with Crippen molar-refractivity contribution in [1.82, 2.24) is 15.0 Å². The number of aromatic nitrogens is 3. The summed E-state index contributed by atoms with van der Waals surface area (Å²) in [7, 11) is 0. The summed E-state index contributed by atoms with van der Waals surface area (Å²) in [6.45, 7) is 1.92. The Morgan fingerprint density at radius 3 is 2.63 bits per heavy atom. The quantitative estimate of drug-likeness (QED) is 0.700. The third kappa shape index (κ3) is 3.96. The van der Waals surface area contributed by atoms with Gasteiger partial charge in [0.25, 0.3) is 5.91 Å². The molecule has 3 aromatic rings. The summed E-state index contributed by atoms with van der Waals surface area (Å²) in [5.41, 5.74) is -0.894. The zero-order valence-corrected chi connectivity index (χ0v) is 16.1. The van der Waals surface area contributed by atoms with Crippen LogP contribution in [0.2, 0.25) is 0 Å². The van der Waals surface area contributed by atoms with E-state index in [9.17, 15) is 18.0 Å². The van der Waals surface area contributed by atoms with Crippen molar-refractivity contribution in [2.75, 3.05) is 23.3 Å². The summed E-state index contributed by atoms with van der Waals surface area (Å²) in [6, 6.07) is 4.54. The Morgan fingerprint density at radius 2 is 1.93 bits per heavy atom. The number of carbonyl (C=O) groups is 1. The Morgan fingerprint density at radius 1 is 1.17 bits per heavy atom. The summed E-state index contributed by atoms with van der Waals surface area (Å²) in [4.78, 5) is 26.4. The van der Waals surface area contributed by atoms with E-state index in [2.05, 4.69) is 20.3 Å². The predicted octanol–water partition coefficient (Wildman–Crippen LogP) is 4.01. The Hall–Kier alpha value is -3.49. The Bertz CT molecular complexity index is 1090. The average Bonchev–Trinajstić information content (AvgIpc) is 3.10. The van der Waals surface area contributed by atoms with Gasteiger partial charge in [0, 0.05) is 42.7 Å². The molecule has 0 aliphatic carbocycles. The highest BCUT2D eigenvalue weighted by atomic mass is 19.1. The number of hydrogen-bond acceptors (Lipinski definition) is 5. The number of pyridine rings is 1. The average molecular weight is 413 g/mol. The van der Waals surface area contributed by atoms with Crippen molar-refractivity contribution in [2.45, 2.75) is 19.0 Å². The van der Waals surface area contributed by atoms with Crippen molar-refractivity contribution in [3.63, 3.8) is 0 Å². The number of amides is 1. The number of anilines is 2. The van der Waals surface area contributed by atoms with E-state index in [1.54, 1.807) is 4.90 Å². The molecule has 154 valence electrons. The van der Waals surface area contributed by atoms with Crippen LogP contribution in [0.15, 0.2) is 49.2 Å². The summed E-state index contributed by atoms with van der Waals surface area (Å²) in [5, 5.41) is 2.71. The van der Waals surface area contributed by atoms with E-state index in [4.69, 9.17) is 0 Å². The molecule has 9 heteroatoms. The van der Waals surface area contributed by atoms with Gasteiger partial charge in [0.15, 0.2) is 5.82 Å². The van der Waals surface area contributed by atoms with E-state index in [1.165, 1.54) is 37.9 Å². The molecule has 1 aliphatic rings. The summed E-state index contributed by atoms with van der Waals surface area (Å²) in [6.07, 6.45) is 5.65. The molecule has 6 nitrogen and oxygen atoms in total. The molecule has 1 fully saturated rings. The number of hydrogen-bond donors (Lipinski definition) is 1. The number of nitrogens with one attached hydrogen (secondary N) is 1. The summed E-state index contributed by atoms with van der Waals surface area (Å²) in [5.74, 6) is -1.56. The largest absolute Gasteiger partial charge is 0.352 e. The maximum atomic E-state index is 14.5. The monoisotopic (exact) mass is 413 g/mol. The van der Waals surface area contributed by atoms with Crippen LogP contribution in [-0.2, 0) is 0 Å². The number of nitrogens with zero attached hydrogens (tertiary/aromatic N) is 4. The first-order valence-corrected chi connectivity index (χ1v) is 9.29. The lowest BCUT2D eigenvalue weighted by molar-refractivity contribution is 0.102. The summed E-state index contributed by atoms with van der Waals surface area (Å²) >= 11 is 0. The van der Waals surface area contributed by atoms with Crippen LogP contribution in [0.4, 0.5) is 24.7 Å². The number of benzene rings is 1. The van der Waals surface area contributed by atoms with Gasteiger partial charge in [0.1, 0.15) is 23.6 Å². The topological polar surface area (TPSA) is 71.0 Å². The fourth-order valence-electron chi connectivity index (χ4n) is 3.45. The smallest absolute Gasteiger partial charge is 0.258 e. The molecule has 1 saturated heterocycles. The zero-order valence-electron chi connectivity index (χ0n) is 16.1. The second kappa shape index (κ2) is 7.74. The van der Waals surface area contributed by atoms with Crippen LogP contribution in [0, 0.1) is 11.6 Å². The molecule has 3 heterocycles. The van der Waals surface area contributed by atoms with Gasteiger partial charge in [0.2, 0.25) is 0 Å². The van der Waals surface area contributed by atoms with Crippen molar-refractivity contribution in [2.24, 2.45) is 0 Å². The molecule has 0 bridgehead atoms. The van der Waals surface area contributed by atoms with E-state index in [-0.39, 0.29) is 41.2 Å². The molecule has 1 unspecified atom stereocenters. The Labute approximate surface area is 170 Å². The second-order valence-corrected chi connectivity index (χ2v) is 7.35. The van der Waals surface area contributed by atoms with Crippen LogP contribution in [-0.4, -0.2) is 39.6 Å². The molecule has 4 rings (SSSR count). The Kier molecular flexibility index (Phi) is 5.11. The minimum Gasteiger partial charge on any atom is -0.352 e. The van der Waals surface area contributed by atoms with Crippen LogP contribution < -0.4 is 10.2 Å². The first-order valence-electron chi connectivity index (χ1n) is 9.29. The first-order chi connectivity index (χ1) is 14.3. The van der Waals surface area contributed by atoms with Crippen LogP contribution in [0.25, 0.3) is 11.1 Å².